The number of ether oxygens (including phenoxy) is 2. The highest BCUT2D eigenvalue weighted by molar-refractivity contribution is 8.00. The molecule has 1 aliphatic heterocycles. The summed E-state index contributed by atoms with van der Waals surface area (Å²) in [4.78, 5) is 52.1. The number of fused-ring (bicyclic) bond motifs is 6. The fraction of sp³-hybridized carbons (Fsp3) is 0.333. The van der Waals surface area contributed by atoms with Crippen molar-refractivity contribution in [1.82, 2.24) is 4.98 Å². The number of H-pyrrole nitrogens is 1. The highest BCUT2D eigenvalue weighted by Crippen LogP contribution is 2.50. The van der Waals surface area contributed by atoms with Crippen molar-refractivity contribution in [2.45, 2.75) is 31.4 Å². The maximum absolute atomic E-state index is 13.8. The minimum Gasteiger partial charge on any atom is -0.486 e. The quantitative estimate of drug-likeness (QED) is 0.390. The summed E-state index contributed by atoms with van der Waals surface area (Å²) in [6.07, 6.45) is 1.50. The Morgan fingerprint density at radius 1 is 1.15 bits per heavy atom. The van der Waals surface area contributed by atoms with E-state index in [0.29, 0.717) is 17.1 Å². The molecule has 10 heteroatoms. The highest BCUT2D eigenvalue weighted by atomic mass is 32.2. The van der Waals surface area contributed by atoms with Gasteiger partial charge in [0.15, 0.2) is 5.78 Å². The molecule has 206 valence electrons. The maximum Gasteiger partial charge on any atom is 0.332 e. The van der Waals surface area contributed by atoms with Crippen LogP contribution in [0.2, 0.25) is 0 Å². The van der Waals surface area contributed by atoms with Crippen LogP contribution in [0.1, 0.15) is 24.5 Å². The average Bonchev–Trinajstić information content (AvgIpc) is 3.30. The molecular formula is C30H26FNO7S. The monoisotopic (exact) mass is 563 g/mol. The summed E-state index contributed by atoms with van der Waals surface area (Å²) < 4.78 is 24.5. The van der Waals surface area contributed by atoms with Gasteiger partial charge in [0.1, 0.15) is 30.6 Å². The van der Waals surface area contributed by atoms with Crippen LogP contribution >= 0.6 is 11.8 Å². The van der Waals surface area contributed by atoms with E-state index in [0.717, 1.165) is 46.1 Å². The van der Waals surface area contributed by atoms with Crippen molar-refractivity contribution in [2.24, 2.45) is 11.8 Å². The molecule has 3 atom stereocenters. The van der Waals surface area contributed by atoms with Gasteiger partial charge in [-0.1, -0.05) is 0 Å². The normalized spacial score (nSPS) is 21.2. The number of ketones is 2. The van der Waals surface area contributed by atoms with Crippen LogP contribution < -0.4 is 4.74 Å². The molecule has 8 nitrogen and oxygen atoms in total. The van der Waals surface area contributed by atoms with Gasteiger partial charge in [0.05, 0.1) is 11.5 Å². The second kappa shape index (κ2) is 10.2. The molecule has 2 aromatic carbocycles. The summed E-state index contributed by atoms with van der Waals surface area (Å²) in [7, 11) is 0. The fourth-order valence-electron chi connectivity index (χ4n) is 6.04. The lowest BCUT2D eigenvalue weighted by atomic mass is 9.66. The molecule has 0 bridgehead atoms. The zero-order valence-corrected chi connectivity index (χ0v) is 22.4. The second-order valence-electron chi connectivity index (χ2n) is 10.4. The van der Waals surface area contributed by atoms with Crippen LogP contribution in [0.4, 0.5) is 4.39 Å². The smallest absolute Gasteiger partial charge is 0.332 e. The molecule has 6 rings (SSSR count). The number of carbonyl (C=O) groups excluding carboxylic acids is 3. The number of carboxylic acid groups (broad SMARTS) is 1. The topological polar surface area (TPSA) is 123 Å². The second-order valence-corrected chi connectivity index (χ2v) is 11.6. The molecule has 0 amide bonds. The fourth-order valence-corrected chi connectivity index (χ4v) is 7.60. The van der Waals surface area contributed by atoms with E-state index < -0.39 is 23.8 Å². The van der Waals surface area contributed by atoms with Gasteiger partial charge in [-0.25, -0.2) is 9.18 Å². The molecule has 40 heavy (non-hydrogen) atoms. The van der Waals surface area contributed by atoms with Gasteiger partial charge in [0, 0.05) is 52.4 Å². The number of aromatic amines is 1. The molecular weight excluding hydrogens is 537 g/mol. The first kappa shape index (κ1) is 26.3. The number of aromatic nitrogens is 1. The van der Waals surface area contributed by atoms with Crippen molar-refractivity contribution >= 4 is 46.2 Å². The molecule has 2 heterocycles. The maximum atomic E-state index is 13.8. The third-order valence-electron chi connectivity index (χ3n) is 7.93. The Balaban J connectivity index is 1.09. The number of rotatable bonds is 8. The van der Waals surface area contributed by atoms with E-state index in [1.807, 2.05) is 12.1 Å². The number of hydrogen-bond donors (Lipinski definition) is 2. The predicted molar refractivity (Wildman–Crippen MR) is 146 cm³/mol. The Morgan fingerprint density at radius 3 is 2.75 bits per heavy atom. The number of thioether (sulfide) groups is 1. The predicted octanol–water partition coefficient (Wildman–Crippen LogP) is 4.29. The summed E-state index contributed by atoms with van der Waals surface area (Å²) in [5.41, 5.74) is 5.46. The molecule has 3 aromatic rings. The number of aliphatic carboxylic acids is 1. The van der Waals surface area contributed by atoms with Crippen molar-refractivity contribution < 1.29 is 38.1 Å². The first-order valence-electron chi connectivity index (χ1n) is 13.0. The van der Waals surface area contributed by atoms with Crippen LogP contribution in [0, 0.1) is 17.7 Å². The molecule has 3 aliphatic rings. The van der Waals surface area contributed by atoms with Crippen LogP contribution in [-0.2, 0) is 36.8 Å². The van der Waals surface area contributed by atoms with E-state index in [1.165, 1.54) is 24.8 Å². The number of esters is 1. The standard InChI is InChI=1S/C30H26FNO7S/c1-14(33)38-11-16-13-40-29-23(28(35)26(29)25(16)30(36)37)10-18(34)12-39-19-4-6-20-15(8-19)2-5-21-22-9-17(31)3-7-24(22)32-27(20)21/h3-4,6-9,23,26,29,32H,2,5,10-13H2,1H3,(H,36,37)/t23-,26?,29-/m1/s1. The van der Waals surface area contributed by atoms with Gasteiger partial charge in [-0.2, -0.15) is 11.8 Å². The first-order chi connectivity index (χ1) is 19.2. The van der Waals surface area contributed by atoms with Gasteiger partial charge in [-0.15, -0.1) is 0 Å². The molecule has 2 N–H and O–H groups in total. The van der Waals surface area contributed by atoms with Gasteiger partial charge in [-0.3, -0.25) is 14.4 Å². The Kier molecular flexibility index (Phi) is 6.74. The minimum atomic E-state index is -1.20. The van der Waals surface area contributed by atoms with E-state index in [4.69, 9.17) is 9.47 Å². The Morgan fingerprint density at radius 2 is 1.98 bits per heavy atom. The number of hydrogen-bond acceptors (Lipinski definition) is 7. The lowest BCUT2D eigenvalue weighted by molar-refractivity contribution is -0.142. The molecule has 0 radical (unpaired) electrons. The van der Waals surface area contributed by atoms with Gasteiger partial charge in [0.25, 0.3) is 0 Å². The first-order valence-corrected chi connectivity index (χ1v) is 14.1. The van der Waals surface area contributed by atoms with Crippen LogP contribution in [0.5, 0.6) is 5.75 Å². The van der Waals surface area contributed by atoms with E-state index in [2.05, 4.69) is 4.98 Å². The van der Waals surface area contributed by atoms with Crippen LogP contribution in [0.3, 0.4) is 0 Å². The van der Waals surface area contributed by atoms with Crippen LogP contribution in [0.25, 0.3) is 22.2 Å². The SMILES string of the molecule is CC(=O)OCC1=C(C(=O)O)C2C(=O)[C@@H](CC(=O)COc3ccc4c(c3)CCc3c-4[nH]c4ccc(F)cc34)[C@H]2SC1. The molecule has 1 saturated carbocycles. The van der Waals surface area contributed by atoms with Crippen molar-refractivity contribution in [3.05, 3.63) is 64.5 Å². The van der Waals surface area contributed by atoms with Crippen LogP contribution in [0.15, 0.2) is 47.5 Å². The van der Waals surface area contributed by atoms with Crippen LogP contribution in [-0.4, -0.2) is 57.8 Å². The Hall–Kier alpha value is -3.92. The summed E-state index contributed by atoms with van der Waals surface area (Å²) >= 11 is 1.42. The lowest BCUT2D eigenvalue weighted by Gasteiger charge is -2.46. The Labute approximate surface area is 232 Å². The third-order valence-corrected chi connectivity index (χ3v) is 9.43. The zero-order valence-electron chi connectivity index (χ0n) is 21.6. The summed E-state index contributed by atoms with van der Waals surface area (Å²) in [6, 6.07) is 10.4. The molecule has 0 saturated heterocycles. The van der Waals surface area contributed by atoms with E-state index in [1.54, 1.807) is 18.2 Å². The number of carboxylic acids is 1. The largest absolute Gasteiger partial charge is 0.486 e. The minimum absolute atomic E-state index is 0.00716. The number of carbonyl (C=O) groups is 4. The lowest BCUT2D eigenvalue weighted by Crippen LogP contribution is -2.55. The third kappa shape index (κ3) is 4.60. The van der Waals surface area contributed by atoms with E-state index >= 15 is 0 Å². The Bertz CT molecular complexity index is 1620. The number of aryl methyl sites for hydroxylation is 2. The van der Waals surface area contributed by atoms with E-state index in [9.17, 15) is 28.7 Å². The average molecular weight is 564 g/mol. The number of Topliss-reactive ketones (excluding diaryl/α,β-unsaturated/α-hetero) is 2. The number of benzene rings is 2. The number of nitrogens with one attached hydrogen (secondary N) is 1. The van der Waals surface area contributed by atoms with Gasteiger partial charge >= 0.3 is 11.9 Å². The van der Waals surface area contributed by atoms with Crippen molar-refractivity contribution in [1.29, 1.82) is 0 Å². The zero-order chi connectivity index (χ0) is 28.1. The van der Waals surface area contributed by atoms with Gasteiger partial charge < -0.3 is 19.6 Å². The molecule has 1 unspecified atom stereocenters. The molecule has 2 aliphatic carbocycles. The number of halogens is 1. The van der Waals surface area contributed by atoms with Crippen molar-refractivity contribution in [3.8, 4) is 17.0 Å². The van der Waals surface area contributed by atoms with Crippen molar-refractivity contribution in [2.75, 3.05) is 19.0 Å². The molecule has 1 fully saturated rings. The highest BCUT2D eigenvalue weighted by Gasteiger charge is 2.55. The van der Waals surface area contributed by atoms with E-state index in [-0.39, 0.29) is 47.8 Å². The summed E-state index contributed by atoms with van der Waals surface area (Å²) in [5.74, 6) is -2.98. The molecule has 1 aromatic heterocycles. The summed E-state index contributed by atoms with van der Waals surface area (Å²) in [6.45, 7) is 0.893. The van der Waals surface area contributed by atoms with Crippen molar-refractivity contribution in [3.63, 3.8) is 0 Å². The van der Waals surface area contributed by atoms with Gasteiger partial charge in [0.2, 0.25) is 0 Å². The van der Waals surface area contributed by atoms with Gasteiger partial charge in [-0.05, 0) is 65.9 Å². The molecule has 0 spiro atoms. The summed E-state index contributed by atoms with van der Waals surface area (Å²) in [5, 5.41) is 10.3.